The smallest absolute Gasteiger partial charge is 0.422 e. The van der Waals surface area contributed by atoms with Crippen LogP contribution in [0, 0.1) is 11.3 Å². The van der Waals surface area contributed by atoms with Crippen LogP contribution < -0.4 is 14.2 Å². The minimum absolute atomic E-state index is 0.0463. The van der Waals surface area contributed by atoms with Crippen molar-refractivity contribution in [1.29, 1.82) is 5.26 Å². The van der Waals surface area contributed by atoms with E-state index < -0.39 is 24.6 Å². The second kappa shape index (κ2) is 7.93. The van der Waals surface area contributed by atoms with Crippen LogP contribution in [0.4, 0.5) is 13.2 Å². The van der Waals surface area contributed by atoms with Crippen LogP contribution in [-0.2, 0) is 0 Å². The van der Waals surface area contributed by atoms with Gasteiger partial charge in [0.05, 0.1) is 24.3 Å². The SMILES string of the molecule is COc1cc(C#N)ccc1OC(=O)c1cnc(OCC(F)(F)F)c(Cl)c1. The van der Waals surface area contributed by atoms with Crippen LogP contribution in [0.5, 0.6) is 17.4 Å². The number of carbonyl (C=O) groups is 1. The van der Waals surface area contributed by atoms with Gasteiger partial charge in [0.25, 0.3) is 0 Å². The van der Waals surface area contributed by atoms with E-state index in [1.54, 1.807) is 0 Å². The fraction of sp³-hybridized carbons (Fsp3) is 0.188. The molecule has 0 fully saturated rings. The average Bonchev–Trinajstić information content (AvgIpc) is 2.60. The molecule has 0 aliphatic carbocycles. The molecule has 0 aliphatic rings. The molecule has 10 heteroatoms. The van der Waals surface area contributed by atoms with Crippen molar-refractivity contribution in [2.75, 3.05) is 13.7 Å². The molecule has 0 saturated carbocycles. The normalized spacial score (nSPS) is 10.8. The van der Waals surface area contributed by atoms with Gasteiger partial charge in [0.15, 0.2) is 18.1 Å². The zero-order chi connectivity index (χ0) is 19.3. The fourth-order valence-electron chi connectivity index (χ4n) is 1.77. The summed E-state index contributed by atoms with van der Waals surface area (Å²) in [4.78, 5) is 15.7. The summed E-state index contributed by atoms with van der Waals surface area (Å²) < 4.78 is 51.1. The first kappa shape index (κ1) is 19.3. The number of pyridine rings is 1. The van der Waals surface area contributed by atoms with Gasteiger partial charge in [0, 0.05) is 12.3 Å². The Morgan fingerprint density at radius 1 is 1.31 bits per heavy atom. The van der Waals surface area contributed by atoms with Gasteiger partial charge in [0.1, 0.15) is 5.02 Å². The minimum Gasteiger partial charge on any atom is -0.493 e. The number of esters is 1. The van der Waals surface area contributed by atoms with Crippen molar-refractivity contribution in [3.63, 3.8) is 0 Å². The van der Waals surface area contributed by atoms with Gasteiger partial charge in [-0.15, -0.1) is 0 Å². The molecule has 1 aromatic heterocycles. The fourth-order valence-corrected chi connectivity index (χ4v) is 1.99. The highest BCUT2D eigenvalue weighted by atomic mass is 35.5. The Balaban J connectivity index is 2.15. The van der Waals surface area contributed by atoms with E-state index in [4.69, 9.17) is 26.3 Å². The summed E-state index contributed by atoms with van der Waals surface area (Å²) in [6.45, 7) is -1.56. The van der Waals surface area contributed by atoms with Gasteiger partial charge in [-0.1, -0.05) is 11.6 Å². The third-order valence-electron chi connectivity index (χ3n) is 2.91. The van der Waals surface area contributed by atoms with E-state index in [1.807, 2.05) is 6.07 Å². The maximum absolute atomic E-state index is 12.2. The predicted molar refractivity (Wildman–Crippen MR) is 83.5 cm³/mol. The number of nitrogens with zero attached hydrogens (tertiary/aromatic N) is 2. The largest absolute Gasteiger partial charge is 0.493 e. The van der Waals surface area contributed by atoms with Crippen molar-refractivity contribution in [2.45, 2.75) is 6.18 Å². The minimum atomic E-state index is -4.55. The van der Waals surface area contributed by atoms with E-state index in [9.17, 15) is 18.0 Å². The molecule has 0 radical (unpaired) electrons. The average molecular weight is 387 g/mol. The molecule has 0 saturated heterocycles. The van der Waals surface area contributed by atoms with Crippen molar-refractivity contribution >= 4 is 17.6 Å². The van der Waals surface area contributed by atoms with E-state index in [2.05, 4.69) is 9.72 Å². The molecule has 0 atom stereocenters. The van der Waals surface area contributed by atoms with Crippen molar-refractivity contribution < 1.29 is 32.2 Å². The van der Waals surface area contributed by atoms with Gasteiger partial charge in [-0.2, -0.15) is 18.4 Å². The Kier molecular flexibility index (Phi) is 5.90. The maximum atomic E-state index is 12.2. The summed E-state index contributed by atoms with van der Waals surface area (Å²) in [6, 6.07) is 7.14. The highest BCUT2D eigenvalue weighted by molar-refractivity contribution is 6.32. The Bertz CT molecular complexity index is 866. The van der Waals surface area contributed by atoms with E-state index >= 15 is 0 Å². The van der Waals surface area contributed by atoms with Crippen LogP contribution in [-0.4, -0.2) is 30.8 Å². The second-order valence-corrected chi connectivity index (χ2v) is 5.19. The number of carbonyl (C=O) groups excluding carboxylic acids is 1. The molecule has 0 N–H and O–H groups in total. The molecule has 0 bridgehead atoms. The molecule has 136 valence electrons. The first-order valence-electron chi connectivity index (χ1n) is 6.89. The molecule has 0 amide bonds. The summed E-state index contributed by atoms with van der Waals surface area (Å²) in [5.41, 5.74) is 0.193. The molecule has 1 heterocycles. The number of methoxy groups -OCH3 is 1. The lowest BCUT2D eigenvalue weighted by Gasteiger charge is -2.11. The highest BCUT2D eigenvalue weighted by Crippen LogP contribution is 2.30. The molecule has 0 unspecified atom stereocenters. The van der Waals surface area contributed by atoms with E-state index in [-0.39, 0.29) is 22.1 Å². The number of alkyl halides is 3. The summed E-state index contributed by atoms with van der Waals surface area (Å²) in [5, 5.41) is 8.56. The van der Waals surface area contributed by atoms with Crippen LogP contribution >= 0.6 is 11.6 Å². The van der Waals surface area contributed by atoms with Gasteiger partial charge in [-0.25, -0.2) is 9.78 Å². The summed E-state index contributed by atoms with van der Waals surface area (Å²) in [7, 11) is 1.33. The quantitative estimate of drug-likeness (QED) is 0.574. The van der Waals surface area contributed by atoms with Gasteiger partial charge in [-0.3, -0.25) is 0 Å². The molecule has 26 heavy (non-hydrogen) atoms. The number of halogens is 4. The number of rotatable bonds is 5. The second-order valence-electron chi connectivity index (χ2n) is 4.78. The first-order chi connectivity index (χ1) is 12.2. The standard InChI is InChI=1S/C16H10ClF3N2O4/c1-24-13-4-9(6-21)2-3-12(13)26-15(23)10-5-11(17)14(22-7-10)25-8-16(18,19)20/h2-5,7H,8H2,1H3. The molecule has 0 spiro atoms. The van der Waals surface area contributed by atoms with Gasteiger partial charge < -0.3 is 14.2 Å². The van der Waals surface area contributed by atoms with Crippen molar-refractivity contribution in [2.24, 2.45) is 0 Å². The third-order valence-corrected chi connectivity index (χ3v) is 3.18. The van der Waals surface area contributed by atoms with Gasteiger partial charge >= 0.3 is 12.1 Å². The summed E-state index contributed by atoms with van der Waals surface area (Å²) >= 11 is 5.78. The molecule has 6 nitrogen and oxygen atoms in total. The lowest BCUT2D eigenvalue weighted by atomic mass is 10.2. The summed E-state index contributed by atoms with van der Waals surface area (Å²) in [6.07, 6.45) is -3.58. The number of hydrogen-bond donors (Lipinski definition) is 0. The number of benzene rings is 1. The first-order valence-corrected chi connectivity index (χ1v) is 7.26. The van der Waals surface area contributed by atoms with Crippen LogP contribution in [0.15, 0.2) is 30.5 Å². The van der Waals surface area contributed by atoms with Gasteiger partial charge in [0.2, 0.25) is 5.88 Å². The third kappa shape index (κ3) is 5.00. The zero-order valence-corrected chi connectivity index (χ0v) is 13.9. The number of nitriles is 1. The highest BCUT2D eigenvalue weighted by Gasteiger charge is 2.29. The number of ether oxygens (including phenoxy) is 3. The Hall–Kier alpha value is -2.99. The topological polar surface area (TPSA) is 81.4 Å². The Labute approximate surface area is 150 Å². The number of hydrogen-bond acceptors (Lipinski definition) is 6. The lowest BCUT2D eigenvalue weighted by molar-refractivity contribution is -0.154. The van der Waals surface area contributed by atoms with E-state index in [0.717, 1.165) is 12.3 Å². The predicted octanol–water partition coefficient (Wildman–Crippen LogP) is 3.78. The van der Waals surface area contributed by atoms with Crippen LogP contribution in [0.2, 0.25) is 5.02 Å². The maximum Gasteiger partial charge on any atom is 0.422 e. The summed E-state index contributed by atoms with van der Waals surface area (Å²) in [5.74, 6) is -1.13. The number of aromatic nitrogens is 1. The Morgan fingerprint density at radius 3 is 2.62 bits per heavy atom. The molecule has 2 rings (SSSR count). The lowest BCUT2D eigenvalue weighted by Crippen LogP contribution is -2.20. The van der Waals surface area contributed by atoms with Crippen molar-refractivity contribution in [1.82, 2.24) is 4.98 Å². The molecule has 2 aromatic rings. The van der Waals surface area contributed by atoms with Crippen molar-refractivity contribution in [3.8, 4) is 23.4 Å². The van der Waals surface area contributed by atoms with Crippen LogP contribution in [0.3, 0.4) is 0 Å². The molecule has 0 aliphatic heterocycles. The van der Waals surface area contributed by atoms with Gasteiger partial charge in [-0.05, 0) is 18.2 Å². The van der Waals surface area contributed by atoms with E-state index in [1.165, 1.54) is 25.3 Å². The monoisotopic (exact) mass is 386 g/mol. The zero-order valence-electron chi connectivity index (χ0n) is 13.1. The molecular weight excluding hydrogens is 377 g/mol. The van der Waals surface area contributed by atoms with Crippen molar-refractivity contribution in [3.05, 3.63) is 46.6 Å². The van der Waals surface area contributed by atoms with Crippen LogP contribution in [0.1, 0.15) is 15.9 Å². The van der Waals surface area contributed by atoms with Crippen LogP contribution in [0.25, 0.3) is 0 Å². The molecular formula is C16H10ClF3N2O4. The van der Waals surface area contributed by atoms with E-state index in [0.29, 0.717) is 5.56 Å². The molecule has 1 aromatic carbocycles. The Morgan fingerprint density at radius 2 is 2.04 bits per heavy atom.